The molecule has 0 bridgehead atoms. The molecule has 17 heavy (non-hydrogen) atoms. The third kappa shape index (κ3) is 1.82. The Kier molecular flexibility index (Phi) is 2.93. The maximum atomic E-state index is 15.0. The maximum absolute atomic E-state index is 15.0. The van der Waals surface area contributed by atoms with Gasteiger partial charge in [-0.15, -0.1) is 0 Å². The molecule has 0 saturated carbocycles. The van der Waals surface area contributed by atoms with E-state index in [0.717, 1.165) is 11.1 Å². The van der Waals surface area contributed by atoms with E-state index in [9.17, 15) is 0 Å². The van der Waals surface area contributed by atoms with Crippen molar-refractivity contribution in [1.29, 1.82) is 0 Å². The smallest absolute Gasteiger partial charge is 0.296 e. The van der Waals surface area contributed by atoms with E-state index in [1.807, 2.05) is 6.92 Å². The second kappa shape index (κ2) is 4.25. The van der Waals surface area contributed by atoms with E-state index < -0.39 is 12.1 Å². The number of halogens is 1. The van der Waals surface area contributed by atoms with Gasteiger partial charge in [0.1, 0.15) is 0 Å². The molecule has 6 nitrogen and oxygen atoms in total. The van der Waals surface area contributed by atoms with Crippen molar-refractivity contribution >= 4 is 11.5 Å². The molecular weight excluding hydrogens is 223 g/mol. The summed E-state index contributed by atoms with van der Waals surface area (Å²) < 4.78 is 16.1. The van der Waals surface area contributed by atoms with Crippen molar-refractivity contribution in [2.24, 2.45) is 21.5 Å². The lowest BCUT2D eigenvalue weighted by Gasteiger charge is -2.30. The van der Waals surface area contributed by atoms with Crippen LogP contribution in [0.1, 0.15) is 19.8 Å². The number of nitrogens with two attached hydrogens (primary N) is 2. The molecular formula is C10H15FN6. The van der Waals surface area contributed by atoms with Gasteiger partial charge >= 0.3 is 0 Å². The van der Waals surface area contributed by atoms with Crippen LogP contribution in [0.5, 0.6) is 0 Å². The molecule has 1 aliphatic heterocycles. The predicted molar refractivity (Wildman–Crippen MR) is 63.2 cm³/mol. The van der Waals surface area contributed by atoms with Crippen LogP contribution in [0, 0.1) is 0 Å². The predicted octanol–water partition coefficient (Wildman–Crippen LogP) is 0.360. The van der Waals surface area contributed by atoms with Crippen molar-refractivity contribution in [3.63, 3.8) is 0 Å². The lowest BCUT2D eigenvalue weighted by atomic mass is 10.0. The molecule has 92 valence electrons. The highest BCUT2D eigenvalue weighted by molar-refractivity contribution is 6.11. The Bertz CT molecular complexity index is 451. The van der Waals surface area contributed by atoms with Crippen LogP contribution in [0.4, 0.5) is 4.39 Å². The Hall–Kier alpha value is -1.76. The first kappa shape index (κ1) is 11.7. The fourth-order valence-corrected chi connectivity index (χ4v) is 1.82. The topological polar surface area (TPSA) is 94.6 Å². The average molecular weight is 238 g/mol. The first-order chi connectivity index (χ1) is 8.09. The zero-order valence-electron chi connectivity index (χ0n) is 9.55. The van der Waals surface area contributed by atoms with Crippen molar-refractivity contribution in [1.82, 2.24) is 9.78 Å². The molecule has 0 aliphatic carbocycles. The summed E-state index contributed by atoms with van der Waals surface area (Å²) in [5, 5.41) is 3.88. The third-order valence-electron chi connectivity index (χ3n) is 2.59. The fourth-order valence-electron chi connectivity index (χ4n) is 1.82. The first-order valence-corrected chi connectivity index (χ1v) is 5.44. The minimum absolute atomic E-state index is 0.202. The van der Waals surface area contributed by atoms with Crippen LogP contribution in [0.15, 0.2) is 28.4 Å². The largest absolute Gasteiger partial charge is 0.383 e. The summed E-state index contributed by atoms with van der Waals surface area (Å²) in [5.74, 6) is -2.29. The number of amidine groups is 1. The van der Waals surface area contributed by atoms with Crippen molar-refractivity contribution in [2.75, 3.05) is 0 Å². The molecule has 0 fully saturated rings. The summed E-state index contributed by atoms with van der Waals surface area (Å²) in [4.78, 5) is 7.80. The minimum atomic E-state index is -2.09. The van der Waals surface area contributed by atoms with Gasteiger partial charge in [0, 0.05) is 12.4 Å². The lowest BCUT2D eigenvalue weighted by Crippen LogP contribution is -2.53. The molecule has 2 unspecified atom stereocenters. The van der Waals surface area contributed by atoms with Gasteiger partial charge < -0.3 is 5.73 Å². The normalized spacial score (nSPS) is 28.8. The van der Waals surface area contributed by atoms with E-state index in [-0.39, 0.29) is 11.5 Å². The SMILES string of the molecule is CCCC1=NC(N)N=C(N)C1(F)n1cccn1. The molecule has 0 saturated heterocycles. The summed E-state index contributed by atoms with van der Waals surface area (Å²) in [5.41, 5.74) is 11.5. The average Bonchev–Trinajstić information content (AvgIpc) is 2.79. The van der Waals surface area contributed by atoms with Gasteiger partial charge in [0.2, 0.25) is 0 Å². The highest BCUT2D eigenvalue weighted by Gasteiger charge is 2.45. The van der Waals surface area contributed by atoms with Crippen molar-refractivity contribution in [3.05, 3.63) is 18.5 Å². The van der Waals surface area contributed by atoms with E-state index in [0.29, 0.717) is 6.42 Å². The van der Waals surface area contributed by atoms with E-state index in [1.54, 1.807) is 6.07 Å². The third-order valence-corrected chi connectivity index (χ3v) is 2.59. The summed E-state index contributed by atoms with van der Waals surface area (Å²) in [6.45, 7) is 1.93. The number of aromatic nitrogens is 2. The summed E-state index contributed by atoms with van der Waals surface area (Å²) in [6.07, 6.45) is 3.35. The van der Waals surface area contributed by atoms with Gasteiger partial charge in [-0.3, -0.25) is 5.73 Å². The van der Waals surface area contributed by atoms with Crippen LogP contribution in [0.2, 0.25) is 0 Å². The Labute approximate surface area is 98.2 Å². The Balaban J connectivity index is 2.48. The summed E-state index contributed by atoms with van der Waals surface area (Å²) in [6, 6.07) is 1.62. The van der Waals surface area contributed by atoms with Crippen LogP contribution in [-0.4, -0.2) is 27.6 Å². The van der Waals surface area contributed by atoms with Gasteiger partial charge in [0.25, 0.3) is 5.79 Å². The van der Waals surface area contributed by atoms with Crippen molar-refractivity contribution < 1.29 is 4.39 Å². The van der Waals surface area contributed by atoms with Crippen LogP contribution >= 0.6 is 0 Å². The zero-order valence-corrected chi connectivity index (χ0v) is 9.55. The highest BCUT2D eigenvalue weighted by Crippen LogP contribution is 2.26. The van der Waals surface area contributed by atoms with E-state index in [4.69, 9.17) is 11.5 Å². The molecule has 7 heteroatoms. The molecule has 0 aromatic carbocycles. The molecule has 1 aromatic rings. The molecule has 2 heterocycles. The molecule has 0 radical (unpaired) electrons. The van der Waals surface area contributed by atoms with Crippen LogP contribution in [0.3, 0.4) is 0 Å². The number of aliphatic imine (C=N–C) groups is 2. The standard InChI is InChI=1S/C10H15FN6/c1-2-4-7-10(11,17-6-3-5-14-17)8(12)16-9(13)15-7/h3,5-6,9H,2,4,13H2,1H3,(H2,12,16). The molecule has 0 spiro atoms. The number of hydrogen-bond donors (Lipinski definition) is 2. The molecule has 1 aliphatic rings. The first-order valence-electron chi connectivity index (χ1n) is 5.44. The summed E-state index contributed by atoms with van der Waals surface area (Å²) in [7, 11) is 0. The Morgan fingerprint density at radius 3 is 2.88 bits per heavy atom. The second-order valence-electron chi connectivity index (χ2n) is 3.83. The molecule has 2 atom stereocenters. The molecule has 2 rings (SSSR count). The number of alkyl halides is 1. The molecule has 0 amide bonds. The van der Waals surface area contributed by atoms with Crippen LogP contribution < -0.4 is 11.5 Å². The maximum Gasteiger partial charge on any atom is 0.296 e. The van der Waals surface area contributed by atoms with E-state index >= 15 is 4.39 Å². The zero-order chi connectivity index (χ0) is 12.5. The van der Waals surface area contributed by atoms with Gasteiger partial charge in [-0.1, -0.05) is 13.3 Å². The van der Waals surface area contributed by atoms with E-state index in [2.05, 4.69) is 15.1 Å². The number of hydrogen-bond acceptors (Lipinski definition) is 5. The van der Waals surface area contributed by atoms with E-state index in [1.165, 1.54) is 12.4 Å². The number of rotatable bonds is 3. The highest BCUT2D eigenvalue weighted by atomic mass is 19.1. The van der Waals surface area contributed by atoms with Crippen molar-refractivity contribution in [3.8, 4) is 0 Å². The van der Waals surface area contributed by atoms with Gasteiger partial charge in [-0.05, 0) is 12.5 Å². The molecule has 4 N–H and O–H groups in total. The monoisotopic (exact) mass is 238 g/mol. The van der Waals surface area contributed by atoms with Gasteiger partial charge in [0.15, 0.2) is 12.1 Å². The summed E-state index contributed by atoms with van der Waals surface area (Å²) >= 11 is 0. The van der Waals surface area contributed by atoms with Crippen LogP contribution in [0.25, 0.3) is 0 Å². The van der Waals surface area contributed by atoms with Crippen LogP contribution in [-0.2, 0) is 5.79 Å². The Morgan fingerprint density at radius 1 is 1.53 bits per heavy atom. The van der Waals surface area contributed by atoms with Gasteiger partial charge in [-0.2, -0.15) is 5.10 Å². The minimum Gasteiger partial charge on any atom is -0.383 e. The molecule has 1 aromatic heterocycles. The quantitative estimate of drug-likeness (QED) is 0.795. The second-order valence-corrected chi connectivity index (χ2v) is 3.83. The number of nitrogens with zero attached hydrogens (tertiary/aromatic N) is 4. The lowest BCUT2D eigenvalue weighted by molar-refractivity contribution is 0.217. The van der Waals surface area contributed by atoms with Gasteiger partial charge in [-0.25, -0.2) is 19.1 Å². The fraction of sp³-hybridized carbons (Fsp3) is 0.500. The van der Waals surface area contributed by atoms with Crippen molar-refractivity contribution in [2.45, 2.75) is 31.8 Å². The van der Waals surface area contributed by atoms with Gasteiger partial charge in [0.05, 0.1) is 5.71 Å². The Morgan fingerprint density at radius 2 is 2.29 bits per heavy atom.